The quantitative estimate of drug-likeness (QED) is 0.361. The zero-order valence-electron chi connectivity index (χ0n) is 8.43. The average molecular weight is 284 g/mol. The van der Waals surface area contributed by atoms with Crippen LogP contribution in [0, 0.1) is 10.1 Å². The van der Waals surface area contributed by atoms with Gasteiger partial charge in [-0.15, -0.1) is 0 Å². The fourth-order valence-electron chi connectivity index (χ4n) is 1.20. The van der Waals surface area contributed by atoms with Crippen LogP contribution in [-0.4, -0.2) is 16.5 Å². The summed E-state index contributed by atoms with van der Waals surface area (Å²) in [5.74, 6) is 0. The summed E-state index contributed by atoms with van der Waals surface area (Å²) in [7, 11) is 0. The molecule has 0 N–H and O–H groups in total. The number of carbonyl (C=O) groups excluding carboxylic acids is 1. The summed E-state index contributed by atoms with van der Waals surface area (Å²) in [6.45, 7) is 0. The van der Waals surface area contributed by atoms with Gasteiger partial charge in [0.2, 0.25) is 0 Å². The summed E-state index contributed by atoms with van der Waals surface area (Å²) in [5.41, 5.74) is 0.664. The van der Waals surface area contributed by atoms with Gasteiger partial charge in [0.05, 0.1) is 10.5 Å². The Kier molecular flexibility index (Phi) is 4.85. The topological polar surface area (TPSA) is 60.2 Å². The fraction of sp³-hybridized carbons (Fsp3) is 0.182. The van der Waals surface area contributed by atoms with Crippen LogP contribution in [0.25, 0.3) is 6.08 Å². The van der Waals surface area contributed by atoms with Crippen LogP contribution in [0.3, 0.4) is 0 Å². The van der Waals surface area contributed by atoms with E-state index in [1.807, 2.05) is 6.08 Å². The number of alkyl halides is 1. The first-order chi connectivity index (χ1) is 7.69. The Morgan fingerprint density at radius 3 is 2.75 bits per heavy atom. The van der Waals surface area contributed by atoms with Crippen molar-refractivity contribution in [3.05, 3.63) is 45.5 Å². The molecular weight excluding hydrogens is 274 g/mol. The monoisotopic (exact) mass is 283 g/mol. The molecule has 0 amide bonds. The van der Waals surface area contributed by atoms with Crippen LogP contribution in [0.15, 0.2) is 24.3 Å². The molecule has 0 spiro atoms. The number of halogens is 1. The third-order valence-corrected chi connectivity index (χ3v) is 2.42. The third-order valence-electron chi connectivity index (χ3n) is 1.96. The van der Waals surface area contributed by atoms with Gasteiger partial charge in [0.1, 0.15) is 0 Å². The van der Waals surface area contributed by atoms with E-state index in [0.29, 0.717) is 6.29 Å². The van der Waals surface area contributed by atoms with Gasteiger partial charge in [-0.05, 0) is 18.1 Å². The number of nitrogens with zero attached hydrogens (tertiary/aromatic N) is 1. The molecule has 16 heavy (non-hydrogen) atoms. The van der Waals surface area contributed by atoms with Gasteiger partial charge in [-0.25, -0.2) is 0 Å². The number of rotatable bonds is 5. The van der Waals surface area contributed by atoms with Gasteiger partial charge in [0.25, 0.3) is 5.69 Å². The molecule has 0 aliphatic carbocycles. The number of nitro benzene ring substituents is 1. The van der Waals surface area contributed by atoms with E-state index in [-0.39, 0.29) is 11.3 Å². The second kappa shape index (κ2) is 6.17. The van der Waals surface area contributed by atoms with Crippen LogP contribution < -0.4 is 0 Å². The normalized spacial score (nSPS) is 10.6. The highest BCUT2D eigenvalue weighted by Crippen LogP contribution is 2.19. The van der Waals surface area contributed by atoms with E-state index < -0.39 is 4.92 Å². The zero-order chi connectivity index (χ0) is 12.0. The second-order valence-corrected chi connectivity index (χ2v) is 3.87. The first-order valence-corrected chi connectivity index (χ1v) is 5.77. The van der Waals surface area contributed by atoms with Crippen molar-refractivity contribution in [2.24, 2.45) is 0 Å². The minimum absolute atomic E-state index is 0.0997. The Morgan fingerprint density at radius 2 is 2.19 bits per heavy atom. The van der Waals surface area contributed by atoms with Gasteiger partial charge in [0.15, 0.2) is 6.29 Å². The lowest BCUT2D eigenvalue weighted by Crippen LogP contribution is -1.94. The van der Waals surface area contributed by atoms with Crippen molar-refractivity contribution < 1.29 is 9.72 Å². The molecule has 1 aromatic carbocycles. The molecule has 0 radical (unpaired) electrons. The Morgan fingerprint density at radius 1 is 1.44 bits per heavy atom. The molecule has 84 valence electrons. The summed E-state index contributed by atoms with van der Waals surface area (Å²) in [6.07, 6.45) is 5.05. The van der Waals surface area contributed by atoms with Crippen molar-refractivity contribution in [2.45, 2.75) is 6.42 Å². The van der Waals surface area contributed by atoms with Crippen LogP contribution in [0.4, 0.5) is 5.69 Å². The number of hydrogen-bond donors (Lipinski definition) is 0. The fourth-order valence-corrected chi connectivity index (χ4v) is 1.47. The first kappa shape index (κ1) is 12.6. The molecule has 0 aliphatic rings. The molecule has 0 saturated heterocycles. The van der Waals surface area contributed by atoms with Crippen LogP contribution in [0.2, 0.25) is 0 Å². The highest BCUT2D eigenvalue weighted by atomic mass is 79.9. The largest absolute Gasteiger partial charge is 0.298 e. The van der Waals surface area contributed by atoms with Crippen molar-refractivity contribution in [1.82, 2.24) is 0 Å². The standard InChI is InChI=1S/C11H10BrNO3/c12-6-2-1-3-9-4-5-10(8-14)11(7-9)13(15)16/h1,3-5,7-8H,2,6H2. The smallest absolute Gasteiger partial charge is 0.280 e. The molecule has 4 nitrogen and oxygen atoms in total. The SMILES string of the molecule is O=Cc1ccc(C=CCCBr)cc1[N+](=O)[O-]. The number of aldehydes is 1. The molecule has 0 saturated carbocycles. The van der Waals surface area contributed by atoms with Gasteiger partial charge in [-0.2, -0.15) is 0 Å². The predicted octanol–water partition coefficient (Wildman–Crippen LogP) is 3.21. The summed E-state index contributed by atoms with van der Waals surface area (Å²) in [4.78, 5) is 20.7. The molecule has 0 bridgehead atoms. The van der Waals surface area contributed by atoms with Crippen molar-refractivity contribution in [3.8, 4) is 0 Å². The van der Waals surface area contributed by atoms with Gasteiger partial charge in [-0.1, -0.05) is 34.1 Å². The Balaban J connectivity index is 3.02. The van der Waals surface area contributed by atoms with Crippen LogP contribution in [0.1, 0.15) is 22.3 Å². The van der Waals surface area contributed by atoms with Crippen LogP contribution in [-0.2, 0) is 0 Å². The minimum Gasteiger partial charge on any atom is -0.298 e. The van der Waals surface area contributed by atoms with E-state index in [1.54, 1.807) is 12.1 Å². The van der Waals surface area contributed by atoms with Gasteiger partial charge >= 0.3 is 0 Å². The maximum absolute atomic E-state index is 10.7. The lowest BCUT2D eigenvalue weighted by Gasteiger charge is -1.97. The van der Waals surface area contributed by atoms with E-state index in [0.717, 1.165) is 17.3 Å². The molecule has 0 heterocycles. The highest BCUT2D eigenvalue weighted by molar-refractivity contribution is 9.09. The molecule has 0 unspecified atom stereocenters. The highest BCUT2D eigenvalue weighted by Gasteiger charge is 2.12. The molecule has 5 heteroatoms. The number of carbonyl (C=O) groups is 1. The van der Waals surface area contributed by atoms with Crippen molar-refractivity contribution >= 4 is 34.0 Å². The Bertz CT molecular complexity index is 429. The molecule has 0 aliphatic heterocycles. The molecule has 0 fully saturated rings. The first-order valence-electron chi connectivity index (χ1n) is 4.65. The van der Waals surface area contributed by atoms with Crippen LogP contribution >= 0.6 is 15.9 Å². The van der Waals surface area contributed by atoms with E-state index >= 15 is 0 Å². The molecular formula is C11H10BrNO3. The maximum Gasteiger partial charge on any atom is 0.280 e. The molecule has 1 aromatic rings. The Hall–Kier alpha value is -1.49. The minimum atomic E-state index is -0.550. The Labute approximate surface area is 101 Å². The molecule has 0 aromatic heterocycles. The maximum atomic E-state index is 10.7. The second-order valence-electron chi connectivity index (χ2n) is 3.07. The van der Waals surface area contributed by atoms with Crippen molar-refractivity contribution in [2.75, 3.05) is 5.33 Å². The summed E-state index contributed by atoms with van der Waals surface area (Å²) in [5, 5.41) is 11.5. The zero-order valence-corrected chi connectivity index (χ0v) is 10.0. The number of benzene rings is 1. The van der Waals surface area contributed by atoms with E-state index in [9.17, 15) is 14.9 Å². The molecule has 1 rings (SSSR count). The third kappa shape index (κ3) is 3.27. The van der Waals surface area contributed by atoms with E-state index in [1.165, 1.54) is 12.1 Å². The predicted molar refractivity (Wildman–Crippen MR) is 65.9 cm³/mol. The molecule has 0 atom stereocenters. The lowest BCUT2D eigenvalue weighted by atomic mass is 10.1. The van der Waals surface area contributed by atoms with Gasteiger partial charge in [-0.3, -0.25) is 14.9 Å². The number of hydrogen-bond acceptors (Lipinski definition) is 3. The van der Waals surface area contributed by atoms with E-state index in [4.69, 9.17) is 0 Å². The van der Waals surface area contributed by atoms with E-state index in [2.05, 4.69) is 15.9 Å². The summed E-state index contributed by atoms with van der Waals surface area (Å²) < 4.78 is 0. The summed E-state index contributed by atoms with van der Waals surface area (Å²) in [6, 6.07) is 4.54. The van der Waals surface area contributed by atoms with Crippen molar-refractivity contribution in [1.29, 1.82) is 0 Å². The van der Waals surface area contributed by atoms with Crippen LogP contribution in [0.5, 0.6) is 0 Å². The number of nitro groups is 1. The van der Waals surface area contributed by atoms with Gasteiger partial charge < -0.3 is 0 Å². The summed E-state index contributed by atoms with van der Waals surface area (Å²) >= 11 is 3.28. The van der Waals surface area contributed by atoms with Crippen molar-refractivity contribution in [3.63, 3.8) is 0 Å². The number of allylic oxidation sites excluding steroid dienone is 1. The average Bonchev–Trinajstić information content (AvgIpc) is 2.29. The van der Waals surface area contributed by atoms with Gasteiger partial charge in [0, 0.05) is 11.4 Å². The lowest BCUT2D eigenvalue weighted by molar-refractivity contribution is -0.385.